The number of hydrogen-bond donors (Lipinski definition) is 1. The molecule has 0 bridgehead atoms. The maximum atomic E-state index is 4.33. The summed E-state index contributed by atoms with van der Waals surface area (Å²) >= 11 is 0. The standard InChI is InChI=1S/C13H25N3/c1-11(2)15-10-12(3)6-5-7-13-14-8-9-16(13)4/h8-9,11-12,15H,5-7,10H2,1-4H3. The first kappa shape index (κ1) is 13.2. The molecule has 0 fully saturated rings. The van der Waals surface area contributed by atoms with Crippen LogP contribution >= 0.6 is 0 Å². The molecule has 1 N–H and O–H groups in total. The number of hydrogen-bond acceptors (Lipinski definition) is 2. The summed E-state index contributed by atoms with van der Waals surface area (Å²) in [5.74, 6) is 1.95. The van der Waals surface area contributed by atoms with E-state index in [9.17, 15) is 0 Å². The van der Waals surface area contributed by atoms with E-state index in [2.05, 4.69) is 42.7 Å². The molecule has 1 heterocycles. The second-order valence-electron chi connectivity index (χ2n) is 5.01. The molecule has 3 nitrogen and oxygen atoms in total. The number of rotatable bonds is 7. The van der Waals surface area contributed by atoms with Crippen molar-refractivity contribution in [3.05, 3.63) is 18.2 Å². The highest BCUT2D eigenvalue weighted by Crippen LogP contribution is 2.08. The summed E-state index contributed by atoms with van der Waals surface area (Å²) < 4.78 is 2.11. The maximum absolute atomic E-state index is 4.33. The molecule has 1 atom stereocenters. The van der Waals surface area contributed by atoms with Crippen LogP contribution in [0.1, 0.15) is 39.4 Å². The van der Waals surface area contributed by atoms with Gasteiger partial charge < -0.3 is 9.88 Å². The van der Waals surface area contributed by atoms with Gasteiger partial charge in [0.2, 0.25) is 0 Å². The Morgan fingerprint density at radius 2 is 2.12 bits per heavy atom. The van der Waals surface area contributed by atoms with Crippen molar-refractivity contribution in [2.45, 2.75) is 46.1 Å². The lowest BCUT2D eigenvalue weighted by atomic mass is 10.0. The zero-order valence-electron chi connectivity index (χ0n) is 11.0. The summed E-state index contributed by atoms with van der Waals surface area (Å²) in [4.78, 5) is 4.33. The average molecular weight is 223 g/mol. The molecule has 1 aromatic heterocycles. The van der Waals surface area contributed by atoms with Crippen molar-refractivity contribution >= 4 is 0 Å². The number of imidazole rings is 1. The third-order valence-corrected chi connectivity index (χ3v) is 2.89. The fourth-order valence-electron chi connectivity index (χ4n) is 1.78. The van der Waals surface area contributed by atoms with E-state index in [0.717, 1.165) is 18.9 Å². The SMILES string of the molecule is CC(CCCc1nccn1C)CNC(C)C. The Kier molecular flexibility index (Phi) is 5.53. The quantitative estimate of drug-likeness (QED) is 0.769. The van der Waals surface area contributed by atoms with Gasteiger partial charge in [0.15, 0.2) is 0 Å². The van der Waals surface area contributed by atoms with Crippen LogP contribution in [0.4, 0.5) is 0 Å². The van der Waals surface area contributed by atoms with Crippen molar-refractivity contribution in [3.63, 3.8) is 0 Å². The van der Waals surface area contributed by atoms with Gasteiger partial charge in [0.25, 0.3) is 0 Å². The second-order valence-corrected chi connectivity index (χ2v) is 5.01. The van der Waals surface area contributed by atoms with E-state index in [1.54, 1.807) is 0 Å². The van der Waals surface area contributed by atoms with Crippen LogP contribution in [0.3, 0.4) is 0 Å². The Hall–Kier alpha value is -0.830. The van der Waals surface area contributed by atoms with Crippen molar-refractivity contribution in [1.82, 2.24) is 14.9 Å². The van der Waals surface area contributed by atoms with Gasteiger partial charge in [0.05, 0.1) is 0 Å². The van der Waals surface area contributed by atoms with E-state index >= 15 is 0 Å². The molecule has 0 aliphatic rings. The highest BCUT2D eigenvalue weighted by atomic mass is 15.0. The largest absolute Gasteiger partial charge is 0.338 e. The fraction of sp³-hybridized carbons (Fsp3) is 0.769. The zero-order chi connectivity index (χ0) is 12.0. The molecule has 0 spiro atoms. The topological polar surface area (TPSA) is 29.9 Å². The summed E-state index contributed by atoms with van der Waals surface area (Å²) in [7, 11) is 2.06. The fourth-order valence-corrected chi connectivity index (χ4v) is 1.78. The number of nitrogens with one attached hydrogen (secondary N) is 1. The maximum Gasteiger partial charge on any atom is 0.108 e. The third kappa shape index (κ3) is 4.79. The summed E-state index contributed by atoms with van der Waals surface area (Å²) in [6.45, 7) is 7.83. The normalized spacial score (nSPS) is 13.3. The third-order valence-electron chi connectivity index (χ3n) is 2.89. The minimum absolute atomic E-state index is 0.594. The highest BCUT2D eigenvalue weighted by Gasteiger charge is 2.04. The van der Waals surface area contributed by atoms with Crippen LogP contribution in [-0.4, -0.2) is 22.1 Å². The Balaban J connectivity index is 2.13. The summed E-state index contributed by atoms with van der Waals surface area (Å²) in [5, 5.41) is 3.48. The van der Waals surface area contributed by atoms with Gasteiger partial charge >= 0.3 is 0 Å². The van der Waals surface area contributed by atoms with E-state index in [0.29, 0.717) is 6.04 Å². The van der Waals surface area contributed by atoms with Crippen LogP contribution in [0.2, 0.25) is 0 Å². The van der Waals surface area contributed by atoms with E-state index < -0.39 is 0 Å². The van der Waals surface area contributed by atoms with Gasteiger partial charge in [0.1, 0.15) is 5.82 Å². The predicted molar refractivity (Wildman–Crippen MR) is 68.4 cm³/mol. The summed E-state index contributed by atoms with van der Waals surface area (Å²) in [5.41, 5.74) is 0. The molecule has 0 saturated heterocycles. The van der Waals surface area contributed by atoms with Gasteiger partial charge in [-0.25, -0.2) is 4.98 Å². The van der Waals surface area contributed by atoms with Gasteiger partial charge in [-0.15, -0.1) is 0 Å². The first-order valence-corrected chi connectivity index (χ1v) is 6.29. The van der Waals surface area contributed by atoms with Crippen LogP contribution in [0, 0.1) is 5.92 Å². The average Bonchev–Trinajstić information content (AvgIpc) is 2.61. The van der Waals surface area contributed by atoms with E-state index in [1.807, 2.05) is 12.4 Å². The minimum atomic E-state index is 0.594. The van der Waals surface area contributed by atoms with Gasteiger partial charge in [-0.1, -0.05) is 20.8 Å². The minimum Gasteiger partial charge on any atom is -0.338 e. The van der Waals surface area contributed by atoms with Crippen molar-refractivity contribution in [3.8, 4) is 0 Å². The Morgan fingerprint density at radius 3 is 2.69 bits per heavy atom. The van der Waals surface area contributed by atoms with Gasteiger partial charge in [-0.3, -0.25) is 0 Å². The molecule has 0 amide bonds. The molecular formula is C13H25N3. The molecule has 92 valence electrons. The lowest BCUT2D eigenvalue weighted by Gasteiger charge is -2.14. The smallest absolute Gasteiger partial charge is 0.108 e. The molecule has 0 aliphatic carbocycles. The molecular weight excluding hydrogens is 198 g/mol. The summed E-state index contributed by atoms with van der Waals surface area (Å²) in [6.07, 6.45) is 7.48. The molecule has 3 heteroatoms. The summed E-state index contributed by atoms with van der Waals surface area (Å²) in [6, 6.07) is 0.594. The van der Waals surface area contributed by atoms with Crippen molar-refractivity contribution in [1.29, 1.82) is 0 Å². The highest BCUT2D eigenvalue weighted by molar-refractivity contribution is 4.90. The Bertz CT molecular complexity index is 291. The van der Waals surface area contributed by atoms with E-state index in [1.165, 1.54) is 18.7 Å². The van der Waals surface area contributed by atoms with Gasteiger partial charge in [0, 0.05) is 31.9 Å². The first-order chi connectivity index (χ1) is 7.59. The molecule has 0 saturated carbocycles. The van der Waals surface area contributed by atoms with Gasteiger partial charge in [-0.2, -0.15) is 0 Å². The van der Waals surface area contributed by atoms with Crippen molar-refractivity contribution in [2.75, 3.05) is 6.54 Å². The molecule has 0 aromatic carbocycles. The molecule has 1 rings (SSSR count). The lowest BCUT2D eigenvalue weighted by molar-refractivity contribution is 0.440. The number of nitrogens with zero attached hydrogens (tertiary/aromatic N) is 2. The van der Waals surface area contributed by atoms with Crippen LogP contribution in [0.15, 0.2) is 12.4 Å². The lowest BCUT2D eigenvalue weighted by Crippen LogP contribution is -2.27. The van der Waals surface area contributed by atoms with Crippen LogP contribution in [0.5, 0.6) is 0 Å². The molecule has 1 aromatic rings. The van der Waals surface area contributed by atoms with Crippen molar-refractivity contribution in [2.24, 2.45) is 13.0 Å². The molecule has 16 heavy (non-hydrogen) atoms. The van der Waals surface area contributed by atoms with Crippen LogP contribution < -0.4 is 5.32 Å². The molecule has 0 radical (unpaired) electrons. The van der Waals surface area contributed by atoms with Crippen LogP contribution in [0.25, 0.3) is 0 Å². The number of aryl methyl sites for hydroxylation is 2. The van der Waals surface area contributed by atoms with Crippen LogP contribution in [-0.2, 0) is 13.5 Å². The van der Waals surface area contributed by atoms with E-state index in [4.69, 9.17) is 0 Å². The van der Waals surface area contributed by atoms with E-state index in [-0.39, 0.29) is 0 Å². The Labute approximate surface area is 99.3 Å². The monoisotopic (exact) mass is 223 g/mol. The van der Waals surface area contributed by atoms with Gasteiger partial charge in [-0.05, 0) is 25.3 Å². The Morgan fingerprint density at radius 1 is 1.38 bits per heavy atom. The second kappa shape index (κ2) is 6.69. The number of aromatic nitrogens is 2. The molecule has 1 unspecified atom stereocenters. The molecule has 0 aliphatic heterocycles. The first-order valence-electron chi connectivity index (χ1n) is 6.29. The predicted octanol–water partition coefficient (Wildman–Crippen LogP) is 2.38. The zero-order valence-corrected chi connectivity index (χ0v) is 11.0. The van der Waals surface area contributed by atoms with Crippen molar-refractivity contribution < 1.29 is 0 Å².